The SMILES string of the molecule is CCCC/C=C/C/C=C/CCCCCCCC(=O)OC[C@H](CO[C@H]1O[C@H](CS(=O)(=O)O)[C@@H](O)C(O)C1O)OC(=O)CCCCCCC/C=C/CCCCCCC. The average molecular weight is 817 g/mol. The third-order valence-corrected chi connectivity index (χ3v) is 10.4. The molecule has 1 aliphatic heterocycles. The van der Waals surface area contributed by atoms with Crippen molar-refractivity contribution in [2.75, 3.05) is 19.0 Å². The third-order valence-electron chi connectivity index (χ3n) is 9.69. The van der Waals surface area contributed by atoms with E-state index in [1.165, 1.54) is 44.9 Å². The first-order valence-corrected chi connectivity index (χ1v) is 23.2. The summed E-state index contributed by atoms with van der Waals surface area (Å²) in [6.07, 6.45) is 27.6. The van der Waals surface area contributed by atoms with Crippen molar-refractivity contribution in [1.29, 1.82) is 0 Å². The molecule has 0 aromatic heterocycles. The highest BCUT2D eigenvalue weighted by atomic mass is 32.2. The van der Waals surface area contributed by atoms with Gasteiger partial charge in [-0.1, -0.05) is 127 Å². The summed E-state index contributed by atoms with van der Waals surface area (Å²) in [4.78, 5) is 25.3. The minimum Gasteiger partial charge on any atom is -0.462 e. The van der Waals surface area contributed by atoms with Gasteiger partial charge in [-0.15, -0.1) is 0 Å². The van der Waals surface area contributed by atoms with Gasteiger partial charge in [0.2, 0.25) is 0 Å². The minimum absolute atomic E-state index is 0.151. The van der Waals surface area contributed by atoms with Crippen LogP contribution in [0.4, 0.5) is 0 Å². The molecule has 326 valence electrons. The van der Waals surface area contributed by atoms with Crippen LogP contribution in [0.25, 0.3) is 0 Å². The topological polar surface area (TPSA) is 186 Å². The van der Waals surface area contributed by atoms with E-state index in [-0.39, 0.29) is 19.4 Å². The van der Waals surface area contributed by atoms with Gasteiger partial charge in [-0.25, -0.2) is 0 Å². The number of rotatable bonds is 35. The molecule has 0 bridgehead atoms. The van der Waals surface area contributed by atoms with Crippen LogP contribution >= 0.6 is 0 Å². The highest BCUT2D eigenvalue weighted by Gasteiger charge is 2.46. The number of unbranched alkanes of at least 4 members (excludes halogenated alkanes) is 17. The van der Waals surface area contributed by atoms with Crippen LogP contribution in [0.5, 0.6) is 0 Å². The first kappa shape index (κ1) is 51.9. The number of esters is 2. The van der Waals surface area contributed by atoms with E-state index < -0.39 is 71.2 Å². The number of carbonyl (C=O) groups is 2. The van der Waals surface area contributed by atoms with Gasteiger partial charge in [0.25, 0.3) is 10.1 Å². The van der Waals surface area contributed by atoms with Crippen molar-refractivity contribution in [3.8, 4) is 0 Å². The molecule has 1 saturated heterocycles. The Morgan fingerprint density at radius 3 is 1.64 bits per heavy atom. The van der Waals surface area contributed by atoms with Crippen molar-refractivity contribution < 1.29 is 56.8 Å². The van der Waals surface area contributed by atoms with Crippen molar-refractivity contribution in [1.82, 2.24) is 0 Å². The highest BCUT2D eigenvalue weighted by Crippen LogP contribution is 2.24. The molecule has 0 spiro atoms. The molecule has 6 atom stereocenters. The van der Waals surface area contributed by atoms with E-state index in [0.717, 1.165) is 83.5 Å². The predicted octanol–water partition coefficient (Wildman–Crippen LogP) is 8.22. The number of hydrogen-bond donors (Lipinski definition) is 4. The van der Waals surface area contributed by atoms with Crippen molar-refractivity contribution >= 4 is 22.1 Å². The van der Waals surface area contributed by atoms with E-state index >= 15 is 0 Å². The first-order valence-electron chi connectivity index (χ1n) is 21.5. The lowest BCUT2D eigenvalue weighted by Gasteiger charge is -2.40. The Kier molecular flexibility index (Phi) is 31.3. The van der Waals surface area contributed by atoms with Crippen LogP contribution in [0.15, 0.2) is 36.5 Å². The van der Waals surface area contributed by atoms with Gasteiger partial charge in [-0.2, -0.15) is 8.42 Å². The van der Waals surface area contributed by atoms with Gasteiger partial charge in [0, 0.05) is 12.8 Å². The number of carbonyl (C=O) groups excluding carboxylic acids is 2. The number of aliphatic hydroxyl groups is 3. The Hall–Kier alpha value is -2.13. The third kappa shape index (κ3) is 28.3. The van der Waals surface area contributed by atoms with Gasteiger partial charge in [0.1, 0.15) is 36.8 Å². The maximum Gasteiger partial charge on any atom is 0.306 e. The molecule has 0 aromatic carbocycles. The first-order chi connectivity index (χ1) is 27.0. The second-order valence-electron chi connectivity index (χ2n) is 15.0. The summed E-state index contributed by atoms with van der Waals surface area (Å²) in [5, 5.41) is 30.8. The molecule has 0 aromatic rings. The second-order valence-corrected chi connectivity index (χ2v) is 16.5. The average Bonchev–Trinajstić information content (AvgIpc) is 3.16. The van der Waals surface area contributed by atoms with Crippen molar-refractivity contribution in [2.45, 2.75) is 205 Å². The van der Waals surface area contributed by atoms with Gasteiger partial charge in [-0.3, -0.25) is 14.1 Å². The molecule has 1 aliphatic rings. The van der Waals surface area contributed by atoms with E-state index in [1.807, 2.05) is 0 Å². The van der Waals surface area contributed by atoms with Crippen LogP contribution in [0.2, 0.25) is 0 Å². The number of ether oxygens (including phenoxy) is 4. The van der Waals surface area contributed by atoms with E-state index in [0.29, 0.717) is 12.8 Å². The Labute approximate surface area is 338 Å². The van der Waals surface area contributed by atoms with E-state index in [1.54, 1.807) is 0 Å². The van der Waals surface area contributed by atoms with Crippen molar-refractivity contribution in [2.24, 2.45) is 0 Å². The molecule has 1 heterocycles. The lowest BCUT2D eigenvalue weighted by molar-refractivity contribution is -0.297. The predicted molar refractivity (Wildman–Crippen MR) is 219 cm³/mol. The quantitative estimate of drug-likeness (QED) is 0.0208. The van der Waals surface area contributed by atoms with Crippen LogP contribution in [0.1, 0.15) is 168 Å². The largest absolute Gasteiger partial charge is 0.462 e. The lowest BCUT2D eigenvalue weighted by atomic mass is 10.00. The molecular formula is C43H76O12S. The maximum absolute atomic E-state index is 12.8. The monoisotopic (exact) mass is 817 g/mol. The normalized spacial score (nSPS) is 21.0. The summed E-state index contributed by atoms with van der Waals surface area (Å²) >= 11 is 0. The lowest BCUT2D eigenvalue weighted by Crippen LogP contribution is -2.60. The van der Waals surface area contributed by atoms with Crippen LogP contribution < -0.4 is 0 Å². The highest BCUT2D eigenvalue weighted by molar-refractivity contribution is 7.85. The fraction of sp³-hybridized carbons (Fsp3) is 0.814. The molecule has 0 saturated carbocycles. The zero-order valence-electron chi connectivity index (χ0n) is 34.5. The standard InChI is InChI=1S/C43H76O12S/c1-3-5-7-9-11-13-15-17-19-21-23-25-27-29-31-38(44)52-33-36(34-53-43-42(48)41(47)40(46)37(55-43)35-56(49,50)51)54-39(45)32-30-28-26-24-22-20-18-16-14-12-10-8-6-4-2/h9,11,15-18,36-37,40-43,46-48H,3-8,10,12-14,19-35H2,1-2H3,(H,49,50,51)/b11-9+,17-15+,18-16+/t36-,37-,40-,41?,42?,43+/m1/s1. The van der Waals surface area contributed by atoms with Gasteiger partial charge in [-0.05, 0) is 64.2 Å². The van der Waals surface area contributed by atoms with Crippen LogP contribution in [-0.4, -0.2) is 96.0 Å². The van der Waals surface area contributed by atoms with E-state index in [2.05, 4.69) is 50.3 Å². The molecule has 1 fully saturated rings. The summed E-state index contributed by atoms with van der Waals surface area (Å²) in [6.45, 7) is 3.68. The zero-order valence-corrected chi connectivity index (χ0v) is 35.3. The summed E-state index contributed by atoms with van der Waals surface area (Å²) < 4.78 is 53.9. The van der Waals surface area contributed by atoms with E-state index in [9.17, 15) is 37.9 Å². The molecule has 4 N–H and O–H groups in total. The van der Waals surface area contributed by atoms with Gasteiger partial charge in [0.15, 0.2) is 12.4 Å². The summed E-state index contributed by atoms with van der Waals surface area (Å²) in [5.41, 5.74) is 0. The van der Waals surface area contributed by atoms with Crippen molar-refractivity contribution in [3.05, 3.63) is 36.5 Å². The number of aliphatic hydroxyl groups excluding tert-OH is 3. The second kappa shape index (κ2) is 33.8. The maximum atomic E-state index is 12.8. The Morgan fingerprint density at radius 2 is 1.09 bits per heavy atom. The summed E-state index contributed by atoms with van der Waals surface area (Å²) in [7, 11) is -4.60. The van der Waals surface area contributed by atoms with Gasteiger partial charge in [0.05, 0.1) is 6.61 Å². The number of hydrogen-bond acceptors (Lipinski definition) is 11. The summed E-state index contributed by atoms with van der Waals surface area (Å²) in [6, 6.07) is 0. The van der Waals surface area contributed by atoms with E-state index in [4.69, 9.17) is 18.9 Å². The Morgan fingerprint density at radius 1 is 0.607 bits per heavy atom. The summed E-state index contributed by atoms with van der Waals surface area (Å²) in [5.74, 6) is -2.01. The van der Waals surface area contributed by atoms with Crippen molar-refractivity contribution in [3.63, 3.8) is 0 Å². The molecule has 13 heteroatoms. The number of allylic oxidation sites excluding steroid dienone is 6. The van der Waals surface area contributed by atoms with Crippen LogP contribution in [-0.2, 0) is 38.7 Å². The smallest absolute Gasteiger partial charge is 0.306 e. The zero-order chi connectivity index (χ0) is 41.3. The minimum atomic E-state index is -4.60. The molecule has 0 aliphatic carbocycles. The molecule has 56 heavy (non-hydrogen) atoms. The Bertz CT molecular complexity index is 1190. The van der Waals surface area contributed by atoms with Crippen LogP contribution in [0.3, 0.4) is 0 Å². The molecular weight excluding hydrogens is 741 g/mol. The fourth-order valence-corrected chi connectivity index (χ4v) is 6.97. The molecule has 1 rings (SSSR count). The molecule has 12 nitrogen and oxygen atoms in total. The Balaban J connectivity index is 2.49. The molecule has 2 unspecified atom stereocenters. The molecule has 0 amide bonds. The van der Waals surface area contributed by atoms with Gasteiger partial charge >= 0.3 is 11.9 Å². The fourth-order valence-electron chi connectivity index (χ4n) is 6.27. The van der Waals surface area contributed by atoms with Crippen LogP contribution in [0, 0.1) is 0 Å². The molecule has 0 radical (unpaired) electrons. The van der Waals surface area contributed by atoms with Gasteiger partial charge < -0.3 is 34.3 Å².